The van der Waals surface area contributed by atoms with Crippen LogP contribution in [0.1, 0.15) is 22.9 Å². The lowest BCUT2D eigenvalue weighted by atomic mass is 10.1. The minimum atomic E-state index is -0.868. The Balaban J connectivity index is 1.92. The van der Waals surface area contributed by atoms with Crippen LogP contribution >= 0.6 is 0 Å². The molecular weight excluding hydrogens is 294 g/mol. The Morgan fingerprint density at radius 1 is 1.17 bits per heavy atom. The van der Waals surface area contributed by atoms with Gasteiger partial charge in [0, 0.05) is 31.2 Å². The molecule has 2 amide bonds. The number of carbonyl (C=O) groups is 2. The molecule has 23 heavy (non-hydrogen) atoms. The van der Waals surface area contributed by atoms with Gasteiger partial charge in [0.2, 0.25) is 0 Å². The molecule has 6 heteroatoms. The number of hydrogen-bond acceptors (Lipinski definition) is 3. The summed E-state index contributed by atoms with van der Waals surface area (Å²) in [6.07, 6.45) is 0.931. The highest BCUT2D eigenvalue weighted by molar-refractivity contribution is 6.39. The average Bonchev–Trinajstić information content (AvgIpc) is 2.95. The molecular formula is C17H21N3O3. The van der Waals surface area contributed by atoms with Crippen LogP contribution in [0.3, 0.4) is 0 Å². The SMILES string of the molecule is Cc1cccc(NC(=O)C(=O)NC[C@@H](O)c2cccn2C)c1C. The fourth-order valence-corrected chi connectivity index (χ4v) is 2.26. The second-order valence-corrected chi connectivity index (χ2v) is 5.47. The van der Waals surface area contributed by atoms with E-state index >= 15 is 0 Å². The fourth-order valence-electron chi connectivity index (χ4n) is 2.26. The molecule has 0 saturated heterocycles. The molecule has 1 aromatic heterocycles. The number of rotatable bonds is 4. The van der Waals surface area contributed by atoms with E-state index in [2.05, 4.69) is 10.6 Å². The van der Waals surface area contributed by atoms with Gasteiger partial charge >= 0.3 is 11.8 Å². The maximum absolute atomic E-state index is 11.9. The van der Waals surface area contributed by atoms with Gasteiger partial charge in [-0.1, -0.05) is 12.1 Å². The van der Waals surface area contributed by atoms with E-state index in [0.29, 0.717) is 11.4 Å². The van der Waals surface area contributed by atoms with Gasteiger partial charge in [-0.2, -0.15) is 0 Å². The molecule has 3 N–H and O–H groups in total. The van der Waals surface area contributed by atoms with Gasteiger partial charge in [-0.25, -0.2) is 0 Å². The third kappa shape index (κ3) is 3.98. The second-order valence-electron chi connectivity index (χ2n) is 5.47. The first-order valence-electron chi connectivity index (χ1n) is 7.35. The van der Waals surface area contributed by atoms with Gasteiger partial charge in [0.1, 0.15) is 6.10 Å². The third-order valence-corrected chi connectivity index (χ3v) is 3.84. The van der Waals surface area contributed by atoms with Gasteiger partial charge in [-0.15, -0.1) is 0 Å². The predicted octanol–water partition coefficient (Wildman–Crippen LogP) is 1.43. The Morgan fingerprint density at radius 3 is 2.57 bits per heavy atom. The molecule has 0 aliphatic carbocycles. The number of aromatic nitrogens is 1. The summed E-state index contributed by atoms with van der Waals surface area (Å²) in [7, 11) is 1.80. The standard InChI is InChI=1S/C17H21N3O3/c1-11-6-4-7-13(12(11)2)19-17(23)16(22)18-10-15(21)14-8-5-9-20(14)3/h4-9,15,21H,10H2,1-3H3,(H,18,22)(H,19,23)/t15-/m1/s1. The molecule has 1 heterocycles. The summed E-state index contributed by atoms with van der Waals surface area (Å²) in [5, 5.41) is 15.0. The quantitative estimate of drug-likeness (QED) is 0.746. The van der Waals surface area contributed by atoms with E-state index < -0.39 is 17.9 Å². The van der Waals surface area contributed by atoms with Crippen molar-refractivity contribution < 1.29 is 14.7 Å². The summed E-state index contributed by atoms with van der Waals surface area (Å²) in [6.45, 7) is 3.78. The molecule has 0 radical (unpaired) electrons. The van der Waals surface area contributed by atoms with Crippen LogP contribution < -0.4 is 10.6 Å². The van der Waals surface area contributed by atoms with Crippen LogP contribution in [-0.4, -0.2) is 28.0 Å². The Bertz CT molecular complexity index is 722. The normalized spacial score (nSPS) is 11.8. The smallest absolute Gasteiger partial charge is 0.313 e. The number of benzene rings is 1. The van der Waals surface area contributed by atoms with Crippen molar-refractivity contribution in [2.75, 3.05) is 11.9 Å². The summed E-state index contributed by atoms with van der Waals surface area (Å²) < 4.78 is 1.76. The van der Waals surface area contributed by atoms with E-state index in [1.807, 2.05) is 26.0 Å². The van der Waals surface area contributed by atoms with Crippen LogP contribution in [-0.2, 0) is 16.6 Å². The Labute approximate surface area is 135 Å². The molecule has 0 unspecified atom stereocenters. The Kier molecular flexibility index (Phi) is 5.18. The Morgan fingerprint density at radius 2 is 1.91 bits per heavy atom. The van der Waals surface area contributed by atoms with Gasteiger partial charge in [-0.3, -0.25) is 9.59 Å². The molecule has 1 atom stereocenters. The van der Waals surface area contributed by atoms with Gasteiger partial charge in [0.25, 0.3) is 0 Å². The third-order valence-electron chi connectivity index (χ3n) is 3.84. The summed E-state index contributed by atoms with van der Waals surface area (Å²) in [5.74, 6) is -1.53. The van der Waals surface area contributed by atoms with E-state index in [0.717, 1.165) is 11.1 Å². The molecule has 0 fully saturated rings. The van der Waals surface area contributed by atoms with E-state index in [1.165, 1.54) is 0 Å². The van der Waals surface area contributed by atoms with Crippen molar-refractivity contribution in [2.24, 2.45) is 7.05 Å². The van der Waals surface area contributed by atoms with Crippen molar-refractivity contribution in [3.05, 3.63) is 53.3 Å². The lowest BCUT2D eigenvalue weighted by Crippen LogP contribution is -2.38. The number of aliphatic hydroxyl groups excluding tert-OH is 1. The highest BCUT2D eigenvalue weighted by Crippen LogP contribution is 2.17. The molecule has 1 aromatic carbocycles. The van der Waals surface area contributed by atoms with Crippen LogP contribution in [0.25, 0.3) is 0 Å². The largest absolute Gasteiger partial charge is 0.385 e. The summed E-state index contributed by atoms with van der Waals surface area (Å²) in [4.78, 5) is 23.8. The highest BCUT2D eigenvalue weighted by Gasteiger charge is 2.17. The topological polar surface area (TPSA) is 83.4 Å². The monoisotopic (exact) mass is 315 g/mol. The predicted molar refractivity (Wildman–Crippen MR) is 87.9 cm³/mol. The number of aliphatic hydroxyl groups is 1. The zero-order valence-electron chi connectivity index (χ0n) is 13.5. The van der Waals surface area contributed by atoms with Gasteiger partial charge in [0.15, 0.2) is 0 Å². The second kappa shape index (κ2) is 7.11. The van der Waals surface area contributed by atoms with Crippen molar-refractivity contribution in [1.29, 1.82) is 0 Å². The maximum atomic E-state index is 11.9. The summed E-state index contributed by atoms with van der Waals surface area (Å²) in [6, 6.07) is 9.04. The summed E-state index contributed by atoms with van der Waals surface area (Å²) in [5.41, 5.74) is 3.22. The van der Waals surface area contributed by atoms with Crippen LogP contribution in [0.15, 0.2) is 36.5 Å². The highest BCUT2D eigenvalue weighted by atomic mass is 16.3. The number of nitrogens with one attached hydrogen (secondary N) is 2. The molecule has 6 nitrogen and oxygen atoms in total. The zero-order valence-corrected chi connectivity index (χ0v) is 13.5. The van der Waals surface area contributed by atoms with Crippen LogP contribution in [0.4, 0.5) is 5.69 Å². The van der Waals surface area contributed by atoms with Crippen molar-refractivity contribution in [3.63, 3.8) is 0 Å². The first-order chi connectivity index (χ1) is 10.9. The number of amides is 2. The van der Waals surface area contributed by atoms with Gasteiger partial charge in [-0.05, 0) is 43.2 Å². The van der Waals surface area contributed by atoms with Crippen molar-refractivity contribution in [3.8, 4) is 0 Å². The molecule has 0 saturated carbocycles. The van der Waals surface area contributed by atoms with Crippen LogP contribution in [0, 0.1) is 13.8 Å². The van der Waals surface area contributed by atoms with E-state index in [1.54, 1.807) is 36.0 Å². The first kappa shape index (κ1) is 16.8. The summed E-state index contributed by atoms with van der Waals surface area (Å²) >= 11 is 0. The maximum Gasteiger partial charge on any atom is 0.313 e. The minimum Gasteiger partial charge on any atom is -0.385 e. The van der Waals surface area contributed by atoms with Crippen LogP contribution in [0.5, 0.6) is 0 Å². The van der Waals surface area contributed by atoms with Gasteiger partial charge < -0.3 is 20.3 Å². The van der Waals surface area contributed by atoms with Crippen LogP contribution in [0.2, 0.25) is 0 Å². The first-order valence-corrected chi connectivity index (χ1v) is 7.35. The molecule has 0 bridgehead atoms. The zero-order chi connectivity index (χ0) is 17.0. The lowest BCUT2D eigenvalue weighted by molar-refractivity contribution is -0.136. The van der Waals surface area contributed by atoms with E-state index in [4.69, 9.17) is 0 Å². The number of aryl methyl sites for hydroxylation is 2. The molecule has 2 rings (SSSR count). The van der Waals surface area contributed by atoms with Crippen molar-refractivity contribution >= 4 is 17.5 Å². The molecule has 2 aromatic rings. The molecule has 0 aliphatic rings. The molecule has 0 spiro atoms. The van der Waals surface area contributed by atoms with Gasteiger partial charge in [0.05, 0.1) is 0 Å². The number of hydrogen-bond donors (Lipinski definition) is 3. The number of carbonyl (C=O) groups excluding carboxylic acids is 2. The minimum absolute atomic E-state index is 0.0308. The lowest BCUT2D eigenvalue weighted by Gasteiger charge is -2.14. The van der Waals surface area contributed by atoms with E-state index in [-0.39, 0.29) is 6.54 Å². The fraction of sp³-hybridized carbons (Fsp3) is 0.294. The number of anilines is 1. The molecule has 122 valence electrons. The Hall–Kier alpha value is -2.60. The average molecular weight is 315 g/mol. The van der Waals surface area contributed by atoms with Crippen molar-refractivity contribution in [1.82, 2.24) is 9.88 Å². The molecule has 0 aliphatic heterocycles. The van der Waals surface area contributed by atoms with Crippen molar-refractivity contribution in [2.45, 2.75) is 20.0 Å². The van der Waals surface area contributed by atoms with E-state index in [9.17, 15) is 14.7 Å². The number of nitrogens with zero attached hydrogens (tertiary/aromatic N) is 1.